The predicted molar refractivity (Wildman–Crippen MR) is 64.4 cm³/mol. The molecule has 0 fully saturated rings. The molecule has 1 N–H and O–H groups in total. The summed E-state index contributed by atoms with van der Waals surface area (Å²) in [6.45, 7) is 1.82. The number of oxazole rings is 1. The highest BCUT2D eigenvalue weighted by molar-refractivity contribution is 5.78. The quantitative estimate of drug-likeness (QED) is 0.876. The standard InChI is InChI=1S/C13H14N2O2/c1-9-11(8-12(16)14-2)15-13(17-9)10-6-4-3-5-7-10/h3-7H,8H2,1-2H3,(H,14,16). The topological polar surface area (TPSA) is 55.1 Å². The molecule has 0 saturated carbocycles. The van der Waals surface area contributed by atoms with E-state index in [1.165, 1.54) is 0 Å². The van der Waals surface area contributed by atoms with E-state index in [2.05, 4.69) is 10.3 Å². The zero-order chi connectivity index (χ0) is 12.3. The smallest absolute Gasteiger partial charge is 0.226 e. The Morgan fingerprint density at radius 3 is 2.71 bits per heavy atom. The number of benzene rings is 1. The average molecular weight is 230 g/mol. The van der Waals surface area contributed by atoms with Crippen LogP contribution < -0.4 is 5.32 Å². The Hall–Kier alpha value is -2.10. The molecule has 0 unspecified atom stereocenters. The van der Waals surface area contributed by atoms with Gasteiger partial charge in [0.2, 0.25) is 11.8 Å². The van der Waals surface area contributed by atoms with Gasteiger partial charge in [0.15, 0.2) is 0 Å². The van der Waals surface area contributed by atoms with E-state index in [1.54, 1.807) is 7.05 Å². The second-order valence-electron chi connectivity index (χ2n) is 3.74. The lowest BCUT2D eigenvalue weighted by atomic mass is 10.2. The SMILES string of the molecule is CNC(=O)Cc1nc(-c2ccccc2)oc1C. The molecule has 88 valence electrons. The lowest BCUT2D eigenvalue weighted by molar-refractivity contribution is -0.120. The number of likely N-dealkylation sites (N-methyl/N-ethyl adjacent to an activating group) is 1. The molecule has 0 aliphatic carbocycles. The summed E-state index contributed by atoms with van der Waals surface area (Å²) < 4.78 is 5.55. The Labute approximate surface area is 99.7 Å². The first-order chi connectivity index (χ1) is 8.20. The lowest BCUT2D eigenvalue weighted by Crippen LogP contribution is -2.20. The van der Waals surface area contributed by atoms with Crippen LogP contribution in [0.2, 0.25) is 0 Å². The van der Waals surface area contributed by atoms with Crippen molar-refractivity contribution < 1.29 is 9.21 Å². The summed E-state index contributed by atoms with van der Waals surface area (Å²) in [5, 5.41) is 2.57. The molecule has 0 spiro atoms. The molecule has 1 amide bonds. The van der Waals surface area contributed by atoms with E-state index in [0.717, 1.165) is 5.56 Å². The van der Waals surface area contributed by atoms with E-state index in [1.807, 2.05) is 37.3 Å². The van der Waals surface area contributed by atoms with Crippen LogP contribution in [0.25, 0.3) is 11.5 Å². The highest BCUT2D eigenvalue weighted by Crippen LogP contribution is 2.21. The minimum atomic E-state index is -0.0685. The maximum atomic E-state index is 11.3. The molecule has 1 aromatic heterocycles. The summed E-state index contributed by atoms with van der Waals surface area (Å²) >= 11 is 0. The molecule has 1 heterocycles. The van der Waals surface area contributed by atoms with Crippen LogP contribution in [-0.2, 0) is 11.2 Å². The number of carbonyl (C=O) groups excluding carboxylic acids is 1. The molecular weight excluding hydrogens is 216 g/mol. The van der Waals surface area contributed by atoms with E-state index in [0.29, 0.717) is 17.3 Å². The van der Waals surface area contributed by atoms with E-state index in [4.69, 9.17) is 4.42 Å². The Morgan fingerprint density at radius 2 is 2.06 bits per heavy atom. The first-order valence-electron chi connectivity index (χ1n) is 5.43. The number of carbonyl (C=O) groups is 1. The molecule has 0 saturated heterocycles. The first-order valence-corrected chi connectivity index (χ1v) is 5.43. The van der Waals surface area contributed by atoms with Crippen LogP contribution in [0.15, 0.2) is 34.7 Å². The fraction of sp³-hybridized carbons (Fsp3) is 0.231. The Morgan fingerprint density at radius 1 is 1.35 bits per heavy atom. The van der Waals surface area contributed by atoms with Gasteiger partial charge in [-0.15, -0.1) is 0 Å². The molecule has 0 radical (unpaired) electrons. The molecular formula is C13H14N2O2. The summed E-state index contributed by atoms with van der Waals surface area (Å²) in [6, 6.07) is 9.63. The Kier molecular flexibility index (Phi) is 3.23. The fourth-order valence-electron chi connectivity index (χ4n) is 1.54. The van der Waals surface area contributed by atoms with Gasteiger partial charge in [-0.25, -0.2) is 4.98 Å². The van der Waals surface area contributed by atoms with Gasteiger partial charge in [-0.1, -0.05) is 18.2 Å². The van der Waals surface area contributed by atoms with Crippen molar-refractivity contribution in [2.75, 3.05) is 7.05 Å². The molecule has 0 aliphatic heterocycles. The van der Waals surface area contributed by atoms with Gasteiger partial charge >= 0.3 is 0 Å². The third-order valence-electron chi connectivity index (χ3n) is 2.52. The van der Waals surface area contributed by atoms with Gasteiger partial charge in [0.25, 0.3) is 0 Å². The van der Waals surface area contributed by atoms with Gasteiger partial charge in [0.1, 0.15) is 5.76 Å². The summed E-state index contributed by atoms with van der Waals surface area (Å²) in [6.07, 6.45) is 0.249. The molecule has 17 heavy (non-hydrogen) atoms. The van der Waals surface area contributed by atoms with Gasteiger partial charge in [0.05, 0.1) is 12.1 Å². The van der Waals surface area contributed by atoms with Crippen molar-refractivity contribution in [2.24, 2.45) is 0 Å². The molecule has 2 aromatic rings. The lowest BCUT2D eigenvalue weighted by Gasteiger charge is -1.95. The van der Waals surface area contributed by atoms with E-state index >= 15 is 0 Å². The summed E-state index contributed by atoms with van der Waals surface area (Å²) in [5.41, 5.74) is 1.60. The number of hydrogen-bond acceptors (Lipinski definition) is 3. The monoisotopic (exact) mass is 230 g/mol. The molecule has 0 atom stereocenters. The highest BCUT2D eigenvalue weighted by Gasteiger charge is 2.13. The van der Waals surface area contributed by atoms with Crippen LogP contribution in [0.1, 0.15) is 11.5 Å². The summed E-state index contributed by atoms with van der Waals surface area (Å²) in [7, 11) is 1.61. The van der Waals surface area contributed by atoms with Crippen LogP contribution in [0.5, 0.6) is 0 Å². The van der Waals surface area contributed by atoms with Crippen LogP contribution in [0.4, 0.5) is 0 Å². The number of hydrogen-bond donors (Lipinski definition) is 1. The van der Waals surface area contributed by atoms with Crippen molar-refractivity contribution in [2.45, 2.75) is 13.3 Å². The average Bonchev–Trinajstić information content (AvgIpc) is 2.72. The van der Waals surface area contributed by atoms with Gasteiger partial charge in [-0.2, -0.15) is 0 Å². The van der Waals surface area contributed by atoms with Crippen molar-refractivity contribution in [3.05, 3.63) is 41.8 Å². The summed E-state index contributed by atoms with van der Waals surface area (Å²) in [5.74, 6) is 1.18. The van der Waals surface area contributed by atoms with Gasteiger partial charge < -0.3 is 9.73 Å². The third-order valence-corrected chi connectivity index (χ3v) is 2.52. The van der Waals surface area contributed by atoms with Gasteiger partial charge in [-0.05, 0) is 19.1 Å². The van der Waals surface area contributed by atoms with E-state index in [-0.39, 0.29) is 12.3 Å². The summed E-state index contributed by atoms with van der Waals surface area (Å²) in [4.78, 5) is 15.6. The number of aromatic nitrogens is 1. The number of nitrogens with one attached hydrogen (secondary N) is 1. The maximum absolute atomic E-state index is 11.3. The first kappa shape index (κ1) is 11.4. The van der Waals surface area contributed by atoms with Crippen molar-refractivity contribution >= 4 is 5.91 Å². The number of amides is 1. The fourth-order valence-corrected chi connectivity index (χ4v) is 1.54. The Bertz CT molecular complexity index is 517. The number of rotatable bonds is 3. The molecule has 0 bridgehead atoms. The molecule has 1 aromatic carbocycles. The van der Waals surface area contributed by atoms with Crippen molar-refractivity contribution in [3.63, 3.8) is 0 Å². The van der Waals surface area contributed by atoms with E-state index < -0.39 is 0 Å². The minimum Gasteiger partial charge on any atom is -0.441 e. The Balaban J connectivity index is 2.28. The maximum Gasteiger partial charge on any atom is 0.226 e. The highest BCUT2D eigenvalue weighted by atomic mass is 16.4. The van der Waals surface area contributed by atoms with Crippen molar-refractivity contribution in [3.8, 4) is 11.5 Å². The second-order valence-corrected chi connectivity index (χ2v) is 3.74. The third kappa shape index (κ3) is 2.53. The van der Waals surface area contributed by atoms with Crippen molar-refractivity contribution in [1.29, 1.82) is 0 Å². The van der Waals surface area contributed by atoms with Crippen LogP contribution >= 0.6 is 0 Å². The zero-order valence-electron chi connectivity index (χ0n) is 9.86. The number of nitrogens with zero attached hydrogens (tertiary/aromatic N) is 1. The number of aryl methyl sites for hydroxylation is 1. The minimum absolute atomic E-state index is 0.0685. The zero-order valence-corrected chi connectivity index (χ0v) is 9.86. The molecule has 2 rings (SSSR count). The van der Waals surface area contributed by atoms with E-state index in [9.17, 15) is 4.79 Å². The second kappa shape index (κ2) is 4.82. The normalized spacial score (nSPS) is 10.2. The van der Waals surface area contributed by atoms with Crippen molar-refractivity contribution in [1.82, 2.24) is 10.3 Å². The molecule has 4 nitrogen and oxygen atoms in total. The van der Waals surface area contributed by atoms with Crippen LogP contribution in [0, 0.1) is 6.92 Å². The van der Waals surface area contributed by atoms with Crippen LogP contribution in [-0.4, -0.2) is 17.9 Å². The predicted octanol–water partition coefficient (Wildman–Crippen LogP) is 1.94. The van der Waals surface area contributed by atoms with Crippen LogP contribution in [0.3, 0.4) is 0 Å². The largest absolute Gasteiger partial charge is 0.441 e. The van der Waals surface area contributed by atoms with Gasteiger partial charge in [-0.3, -0.25) is 4.79 Å². The van der Waals surface area contributed by atoms with Gasteiger partial charge in [0, 0.05) is 12.6 Å². The molecule has 4 heteroatoms. The molecule has 0 aliphatic rings.